The molecule has 1 heterocycles. The molecule has 0 saturated heterocycles. The van der Waals surface area contributed by atoms with Gasteiger partial charge in [-0.3, -0.25) is 25.2 Å². The number of fused-ring (bicyclic) bond motifs is 1. The summed E-state index contributed by atoms with van der Waals surface area (Å²) in [6, 6.07) is 18.6. The highest BCUT2D eigenvalue weighted by Gasteiger charge is 2.27. The average molecular weight is 488 g/mol. The molecule has 0 spiro atoms. The fraction of sp³-hybridized carbons (Fsp3) is 0.0909. The molecule has 0 aliphatic carbocycles. The molecule has 170 valence electrons. The van der Waals surface area contributed by atoms with Crippen LogP contribution in [0.5, 0.6) is 11.5 Å². The summed E-state index contributed by atoms with van der Waals surface area (Å²) in [5.74, 6) is -0.398. The van der Waals surface area contributed by atoms with Crippen molar-refractivity contribution in [3.63, 3.8) is 0 Å². The molecule has 33 heavy (non-hydrogen) atoms. The highest BCUT2D eigenvalue weighted by Crippen LogP contribution is 2.30. The minimum absolute atomic E-state index is 0.0171. The van der Waals surface area contributed by atoms with E-state index >= 15 is 0 Å². The van der Waals surface area contributed by atoms with Gasteiger partial charge in [0.05, 0.1) is 15.6 Å². The summed E-state index contributed by atoms with van der Waals surface area (Å²) in [4.78, 5) is 24.7. The summed E-state index contributed by atoms with van der Waals surface area (Å²) in [6.45, 7) is -0.0276. The first kappa shape index (κ1) is 22.4. The van der Waals surface area contributed by atoms with Gasteiger partial charge in [-0.2, -0.15) is 0 Å². The molecule has 11 heteroatoms. The highest BCUT2D eigenvalue weighted by atomic mass is 35.5. The molecule has 3 N–H and O–H groups in total. The van der Waals surface area contributed by atoms with Gasteiger partial charge in [-0.05, 0) is 42.5 Å². The van der Waals surface area contributed by atoms with Crippen LogP contribution in [-0.2, 0) is 14.8 Å². The third kappa shape index (κ3) is 5.18. The molecule has 1 unspecified atom stereocenters. The van der Waals surface area contributed by atoms with E-state index in [0.717, 1.165) is 0 Å². The molecule has 0 fully saturated rings. The van der Waals surface area contributed by atoms with Crippen LogP contribution in [-0.4, -0.2) is 32.9 Å². The fourth-order valence-corrected chi connectivity index (χ4v) is 4.34. The van der Waals surface area contributed by atoms with E-state index in [2.05, 4.69) is 15.6 Å². The second-order valence-electron chi connectivity index (χ2n) is 6.92. The van der Waals surface area contributed by atoms with Crippen LogP contribution in [0.1, 0.15) is 10.4 Å². The number of hydrazine groups is 1. The zero-order chi connectivity index (χ0) is 23.4. The van der Waals surface area contributed by atoms with Crippen LogP contribution < -0.4 is 25.0 Å². The lowest BCUT2D eigenvalue weighted by Gasteiger charge is -2.25. The Kier molecular flexibility index (Phi) is 6.38. The molecule has 4 rings (SSSR count). The van der Waals surface area contributed by atoms with Gasteiger partial charge in [-0.25, -0.2) is 8.42 Å². The van der Waals surface area contributed by atoms with Gasteiger partial charge in [0.25, 0.3) is 21.8 Å². The van der Waals surface area contributed by atoms with Gasteiger partial charge in [0, 0.05) is 5.56 Å². The Morgan fingerprint density at radius 3 is 2.42 bits per heavy atom. The number of anilines is 1. The molecular formula is C22H18ClN3O6S. The van der Waals surface area contributed by atoms with Gasteiger partial charge in [0.1, 0.15) is 6.61 Å². The van der Waals surface area contributed by atoms with Crippen LogP contribution in [0, 0.1) is 0 Å². The molecule has 0 saturated carbocycles. The van der Waals surface area contributed by atoms with E-state index in [0.29, 0.717) is 11.5 Å². The standard InChI is InChI=1S/C22H18ClN3O6S/c23-16-8-1-2-9-17(16)26-33(29,30)15-7-5-6-14(12-15)21(27)24-25-22(28)20-13-31-18-10-3-4-11-19(18)32-20/h1-12,20,26H,13H2,(H,24,27)(H,25,28). The molecule has 1 atom stereocenters. The monoisotopic (exact) mass is 487 g/mol. The molecule has 3 aromatic rings. The van der Waals surface area contributed by atoms with Crippen molar-refractivity contribution in [2.75, 3.05) is 11.3 Å². The number of benzene rings is 3. The summed E-state index contributed by atoms with van der Waals surface area (Å²) in [5, 5.41) is 0.231. The van der Waals surface area contributed by atoms with Crippen molar-refractivity contribution >= 4 is 39.1 Å². The molecule has 0 bridgehead atoms. The minimum Gasteiger partial charge on any atom is -0.485 e. The Balaban J connectivity index is 1.40. The summed E-state index contributed by atoms with van der Waals surface area (Å²) < 4.78 is 38.8. The number of sulfonamides is 1. The largest absolute Gasteiger partial charge is 0.485 e. The molecule has 0 radical (unpaired) electrons. The van der Waals surface area contributed by atoms with Crippen molar-refractivity contribution in [1.29, 1.82) is 0 Å². The normalized spacial score (nSPS) is 14.8. The van der Waals surface area contributed by atoms with Gasteiger partial charge in [0.2, 0.25) is 6.10 Å². The summed E-state index contributed by atoms with van der Waals surface area (Å²) in [7, 11) is -4.01. The average Bonchev–Trinajstić information content (AvgIpc) is 2.83. The van der Waals surface area contributed by atoms with Crippen molar-refractivity contribution in [2.24, 2.45) is 0 Å². The van der Waals surface area contributed by atoms with E-state index in [1.807, 2.05) is 0 Å². The number of nitrogens with one attached hydrogen (secondary N) is 3. The van der Waals surface area contributed by atoms with E-state index in [1.54, 1.807) is 42.5 Å². The Labute approximate surface area is 194 Å². The zero-order valence-corrected chi connectivity index (χ0v) is 18.5. The Hall–Kier alpha value is -3.76. The van der Waals surface area contributed by atoms with Crippen molar-refractivity contribution < 1.29 is 27.5 Å². The van der Waals surface area contributed by atoms with Crippen molar-refractivity contribution in [3.8, 4) is 11.5 Å². The van der Waals surface area contributed by atoms with E-state index in [4.69, 9.17) is 21.1 Å². The predicted molar refractivity (Wildman–Crippen MR) is 121 cm³/mol. The van der Waals surface area contributed by atoms with E-state index in [-0.39, 0.29) is 27.8 Å². The smallest absolute Gasteiger partial charge is 0.283 e. The van der Waals surface area contributed by atoms with Crippen LogP contribution in [0.15, 0.2) is 77.7 Å². The van der Waals surface area contributed by atoms with Crippen molar-refractivity contribution in [3.05, 3.63) is 83.4 Å². The van der Waals surface area contributed by atoms with Gasteiger partial charge in [0.15, 0.2) is 11.5 Å². The number of carbonyl (C=O) groups is 2. The van der Waals surface area contributed by atoms with Gasteiger partial charge in [-0.15, -0.1) is 0 Å². The van der Waals surface area contributed by atoms with E-state index < -0.39 is 27.9 Å². The van der Waals surface area contributed by atoms with Crippen LogP contribution in [0.3, 0.4) is 0 Å². The third-order valence-electron chi connectivity index (χ3n) is 4.62. The number of hydrogen-bond acceptors (Lipinski definition) is 6. The molecule has 2 amide bonds. The third-order valence-corrected chi connectivity index (χ3v) is 6.32. The van der Waals surface area contributed by atoms with Crippen molar-refractivity contribution in [1.82, 2.24) is 10.9 Å². The fourth-order valence-electron chi connectivity index (χ4n) is 2.97. The maximum absolute atomic E-state index is 12.7. The van der Waals surface area contributed by atoms with Crippen LogP contribution in [0.25, 0.3) is 0 Å². The molecule has 1 aliphatic rings. The topological polar surface area (TPSA) is 123 Å². The number of rotatable bonds is 5. The second-order valence-corrected chi connectivity index (χ2v) is 9.01. The number of halogens is 1. The van der Waals surface area contributed by atoms with Crippen LogP contribution >= 0.6 is 11.6 Å². The summed E-state index contributed by atoms with van der Waals surface area (Å²) in [6.07, 6.45) is -0.966. The summed E-state index contributed by atoms with van der Waals surface area (Å²) >= 11 is 6.01. The molecular weight excluding hydrogens is 470 g/mol. The Morgan fingerprint density at radius 2 is 1.64 bits per heavy atom. The molecule has 0 aromatic heterocycles. The molecule has 1 aliphatic heterocycles. The van der Waals surface area contributed by atoms with Gasteiger partial charge >= 0.3 is 0 Å². The lowest BCUT2D eigenvalue weighted by atomic mass is 10.2. The van der Waals surface area contributed by atoms with Crippen LogP contribution in [0.2, 0.25) is 5.02 Å². The summed E-state index contributed by atoms with van der Waals surface area (Å²) in [5.41, 5.74) is 4.73. The first-order valence-corrected chi connectivity index (χ1v) is 11.6. The lowest BCUT2D eigenvalue weighted by Crippen LogP contribution is -2.50. The SMILES string of the molecule is O=C(NNC(=O)C1COc2ccccc2O1)c1cccc(S(=O)(=O)Nc2ccccc2Cl)c1. The molecule has 3 aromatic carbocycles. The Bertz CT molecular complexity index is 1310. The van der Waals surface area contributed by atoms with Gasteiger partial charge < -0.3 is 9.47 Å². The molecule has 9 nitrogen and oxygen atoms in total. The van der Waals surface area contributed by atoms with Crippen LogP contribution in [0.4, 0.5) is 5.69 Å². The van der Waals surface area contributed by atoms with Crippen molar-refractivity contribution in [2.45, 2.75) is 11.0 Å². The highest BCUT2D eigenvalue weighted by molar-refractivity contribution is 7.92. The number of ether oxygens (including phenoxy) is 2. The number of carbonyl (C=O) groups excluding carboxylic acids is 2. The first-order valence-electron chi connectivity index (χ1n) is 9.69. The minimum atomic E-state index is -4.01. The predicted octanol–water partition coefficient (Wildman–Crippen LogP) is 2.74. The van der Waals surface area contributed by atoms with Gasteiger partial charge in [-0.1, -0.05) is 41.9 Å². The van der Waals surface area contributed by atoms with E-state index in [9.17, 15) is 18.0 Å². The zero-order valence-electron chi connectivity index (χ0n) is 16.9. The lowest BCUT2D eigenvalue weighted by molar-refractivity contribution is -0.131. The number of para-hydroxylation sites is 3. The number of amides is 2. The maximum atomic E-state index is 12.7. The second kappa shape index (κ2) is 9.39. The Morgan fingerprint density at radius 1 is 0.909 bits per heavy atom. The van der Waals surface area contributed by atoms with E-state index in [1.165, 1.54) is 30.3 Å². The first-order chi connectivity index (χ1) is 15.8. The maximum Gasteiger partial charge on any atom is 0.283 e. The number of hydrogen-bond donors (Lipinski definition) is 3. The quantitative estimate of drug-likeness (QED) is 0.475.